The Balaban J connectivity index is 2.52. The fraction of sp³-hybridized carbons (Fsp3) is 0.562. The maximum atomic E-state index is 10.7. The molecule has 8 nitrogen and oxygen atoms in total. The molecule has 0 aliphatic rings. The fourth-order valence-corrected chi connectivity index (χ4v) is 1.86. The lowest BCUT2D eigenvalue weighted by atomic mass is 10.2. The van der Waals surface area contributed by atoms with Crippen LogP contribution < -0.4 is 10.6 Å². The second-order valence-corrected chi connectivity index (χ2v) is 4.99. The summed E-state index contributed by atoms with van der Waals surface area (Å²) in [4.78, 5) is 14.7. The number of hydrogen-bond acceptors (Lipinski definition) is 5. The molecule has 0 atom stereocenters. The van der Waals surface area contributed by atoms with Gasteiger partial charge in [-0.15, -0.1) is 0 Å². The third-order valence-corrected chi connectivity index (χ3v) is 3.13. The molecule has 8 heteroatoms. The van der Waals surface area contributed by atoms with Crippen molar-refractivity contribution in [2.24, 2.45) is 4.99 Å². The van der Waals surface area contributed by atoms with Crippen LogP contribution in [0.1, 0.15) is 18.9 Å². The fourth-order valence-electron chi connectivity index (χ4n) is 1.86. The molecule has 0 aliphatic carbocycles. The molecule has 1 aromatic rings. The van der Waals surface area contributed by atoms with Crippen molar-refractivity contribution in [1.29, 1.82) is 0 Å². The molecule has 0 amide bonds. The van der Waals surface area contributed by atoms with Gasteiger partial charge in [0.2, 0.25) is 0 Å². The highest BCUT2D eigenvalue weighted by atomic mass is 16.6. The van der Waals surface area contributed by atoms with Crippen LogP contribution in [0.15, 0.2) is 29.3 Å². The van der Waals surface area contributed by atoms with Gasteiger partial charge in [-0.2, -0.15) is 0 Å². The summed E-state index contributed by atoms with van der Waals surface area (Å²) < 4.78 is 10.3. The Bertz CT molecular complexity index is 505. The van der Waals surface area contributed by atoms with Crippen LogP contribution in [0.2, 0.25) is 0 Å². The number of hydrogen-bond donors (Lipinski definition) is 2. The Labute approximate surface area is 142 Å². The van der Waals surface area contributed by atoms with Gasteiger partial charge in [0, 0.05) is 45.5 Å². The second-order valence-electron chi connectivity index (χ2n) is 4.99. The first kappa shape index (κ1) is 19.9. The third-order valence-electron chi connectivity index (χ3n) is 3.13. The third kappa shape index (κ3) is 8.44. The number of nitro groups is 1. The minimum Gasteiger partial charge on any atom is -0.383 e. The van der Waals surface area contributed by atoms with E-state index in [1.807, 2.05) is 6.92 Å². The molecule has 0 bridgehead atoms. The summed E-state index contributed by atoms with van der Waals surface area (Å²) in [5, 5.41) is 17.1. The van der Waals surface area contributed by atoms with Gasteiger partial charge in [0.1, 0.15) is 0 Å². The highest BCUT2D eigenvalue weighted by molar-refractivity contribution is 5.79. The number of rotatable bonds is 11. The van der Waals surface area contributed by atoms with Gasteiger partial charge < -0.3 is 20.1 Å². The Hall–Kier alpha value is -2.19. The summed E-state index contributed by atoms with van der Waals surface area (Å²) in [6, 6.07) is 6.39. The van der Waals surface area contributed by atoms with Crippen molar-refractivity contribution in [1.82, 2.24) is 10.6 Å². The number of ether oxygens (including phenoxy) is 2. The molecule has 1 aromatic carbocycles. The van der Waals surface area contributed by atoms with E-state index >= 15 is 0 Å². The summed E-state index contributed by atoms with van der Waals surface area (Å²) in [7, 11) is 1.64. The van der Waals surface area contributed by atoms with Crippen LogP contribution in [-0.4, -0.2) is 50.9 Å². The zero-order valence-electron chi connectivity index (χ0n) is 14.3. The molecule has 0 heterocycles. The molecule has 0 unspecified atom stereocenters. The highest BCUT2D eigenvalue weighted by Crippen LogP contribution is 2.12. The molecule has 0 spiro atoms. The highest BCUT2D eigenvalue weighted by Gasteiger charge is 2.04. The lowest BCUT2D eigenvalue weighted by Crippen LogP contribution is -2.39. The number of aliphatic imine (C=N–C) groups is 1. The zero-order chi connectivity index (χ0) is 17.6. The van der Waals surface area contributed by atoms with Crippen LogP contribution in [0.25, 0.3) is 0 Å². The summed E-state index contributed by atoms with van der Waals surface area (Å²) in [5.41, 5.74) is 0.984. The zero-order valence-corrected chi connectivity index (χ0v) is 14.3. The predicted octanol–water partition coefficient (Wildman–Crippen LogP) is 1.70. The minimum atomic E-state index is -0.412. The van der Waals surface area contributed by atoms with Crippen molar-refractivity contribution in [3.63, 3.8) is 0 Å². The van der Waals surface area contributed by atoms with Gasteiger partial charge in [-0.3, -0.25) is 10.1 Å². The molecule has 1 rings (SSSR count). The summed E-state index contributed by atoms with van der Waals surface area (Å²) in [5.74, 6) is 0.682. The number of non-ortho nitro benzene ring substituents is 1. The molecule has 0 fully saturated rings. The number of guanidine groups is 1. The minimum absolute atomic E-state index is 0.0789. The van der Waals surface area contributed by atoms with E-state index in [4.69, 9.17) is 9.47 Å². The van der Waals surface area contributed by atoms with Crippen molar-refractivity contribution in [3.05, 3.63) is 39.9 Å². The van der Waals surface area contributed by atoms with Gasteiger partial charge in [0.05, 0.1) is 18.1 Å². The van der Waals surface area contributed by atoms with E-state index in [0.717, 1.165) is 18.5 Å². The molecular weight excluding hydrogens is 312 g/mol. The smallest absolute Gasteiger partial charge is 0.269 e. The first-order chi connectivity index (χ1) is 11.7. The van der Waals surface area contributed by atoms with Crippen molar-refractivity contribution >= 4 is 11.6 Å². The maximum absolute atomic E-state index is 10.7. The summed E-state index contributed by atoms with van der Waals surface area (Å²) in [6.07, 6.45) is 0.885. The number of nitro benzene ring substituents is 1. The molecule has 2 N–H and O–H groups in total. The lowest BCUT2D eigenvalue weighted by molar-refractivity contribution is -0.384. The topological polar surface area (TPSA) is 98.0 Å². The van der Waals surface area contributed by atoms with Gasteiger partial charge in [-0.25, -0.2) is 4.99 Å². The maximum Gasteiger partial charge on any atom is 0.269 e. The van der Waals surface area contributed by atoms with E-state index in [1.165, 1.54) is 12.1 Å². The molecule has 0 saturated carbocycles. The summed E-state index contributed by atoms with van der Waals surface area (Å²) >= 11 is 0. The van der Waals surface area contributed by atoms with Gasteiger partial charge in [-0.05, 0) is 18.9 Å². The average molecular weight is 338 g/mol. The van der Waals surface area contributed by atoms with Gasteiger partial charge in [0.25, 0.3) is 5.69 Å². The average Bonchev–Trinajstić information content (AvgIpc) is 2.59. The number of benzene rings is 1. The van der Waals surface area contributed by atoms with E-state index in [1.54, 1.807) is 19.2 Å². The van der Waals surface area contributed by atoms with Gasteiger partial charge >= 0.3 is 0 Å². The van der Waals surface area contributed by atoms with E-state index in [2.05, 4.69) is 15.6 Å². The molecule has 0 radical (unpaired) electrons. The largest absolute Gasteiger partial charge is 0.383 e. The Morgan fingerprint density at radius 2 is 1.92 bits per heavy atom. The monoisotopic (exact) mass is 338 g/mol. The van der Waals surface area contributed by atoms with Crippen LogP contribution in [0, 0.1) is 10.1 Å². The van der Waals surface area contributed by atoms with E-state index in [0.29, 0.717) is 38.9 Å². The Morgan fingerprint density at radius 3 is 2.54 bits per heavy atom. The standard InChI is InChI=1S/C16H26N4O4/c1-3-24-11-4-9-17-16(18-10-12-23-2)19-13-14-5-7-15(8-6-14)20(21)22/h5-8H,3-4,9-13H2,1-2H3,(H2,17,18,19). The van der Waals surface area contributed by atoms with E-state index in [9.17, 15) is 10.1 Å². The SMILES string of the molecule is CCOCCCNC(=NCc1ccc([N+](=O)[O-])cc1)NCCOC. The van der Waals surface area contributed by atoms with Crippen LogP contribution >= 0.6 is 0 Å². The van der Waals surface area contributed by atoms with Crippen molar-refractivity contribution in [2.75, 3.05) is 40.0 Å². The Kier molecular flexibility index (Phi) is 10.1. The molecule has 0 aromatic heterocycles. The number of nitrogens with one attached hydrogen (secondary N) is 2. The van der Waals surface area contributed by atoms with Crippen LogP contribution in [-0.2, 0) is 16.0 Å². The van der Waals surface area contributed by atoms with E-state index < -0.39 is 4.92 Å². The number of methoxy groups -OCH3 is 1. The van der Waals surface area contributed by atoms with Crippen molar-refractivity contribution in [2.45, 2.75) is 19.9 Å². The molecular formula is C16H26N4O4. The molecule has 24 heavy (non-hydrogen) atoms. The first-order valence-corrected chi connectivity index (χ1v) is 7.99. The van der Waals surface area contributed by atoms with Crippen molar-refractivity contribution < 1.29 is 14.4 Å². The van der Waals surface area contributed by atoms with Gasteiger partial charge in [0.15, 0.2) is 5.96 Å². The summed E-state index contributed by atoms with van der Waals surface area (Å²) in [6.45, 7) is 5.80. The molecule has 134 valence electrons. The van der Waals surface area contributed by atoms with E-state index in [-0.39, 0.29) is 5.69 Å². The predicted molar refractivity (Wildman–Crippen MR) is 93.2 cm³/mol. The molecule has 0 aliphatic heterocycles. The van der Waals surface area contributed by atoms with Crippen LogP contribution in [0.4, 0.5) is 5.69 Å². The first-order valence-electron chi connectivity index (χ1n) is 7.99. The lowest BCUT2D eigenvalue weighted by Gasteiger charge is -2.12. The second kappa shape index (κ2) is 12.3. The van der Waals surface area contributed by atoms with Crippen molar-refractivity contribution in [3.8, 4) is 0 Å². The quantitative estimate of drug-likeness (QED) is 0.209. The number of nitrogens with zero attached hydrogens (tertiary/aromatic N) is 2. The van der Waals surface area contributed by atoms with Crippen LogP contribution in [0.5, 0.6) is 0 Å². The Morgan fingerprint density at radius 1 is 1.21 bits per heavy atom. The normalized spacial score (nSPS) is 11.3. The van der Waals surface area contributed by atoms with Gasteiger partial charge in [-0.1, -0.05) is 12.1 Å². The van der Waals surface area contributed by atoms with Crippen LogP contribution in [0.3, 0.4) is 0 Å². The molecule has 0 saturated heterocycles.